The van der Waals surface area contributed by atoms with Gasteiger partial charge in [0.05, 0.1) is 17.2 Å². The van der Waals surface area contributed by atoms with E-state index in [1.807, 2.05) is 24.0 Å². The number of esters is 1. The van der Waals surface area contributed by atoms with Gasteiger partial charge in [0.1, 0.15) is 12.2 Å². The van der Waals surface area contributed by atoms with Crippen molar-refractivity contribution in [2.45, 2.75) is 40.5 Å². The molecule has 0 aliphatic heterocycles. The number of para-hydroxylation sites is 1. The molecule has 8 nitrogen and oxygen atoms in total. The molecule has 1 heterocycles. The molecule has 0 spiro atoms. The molecular formula is C22H29BrN4O4. The van der Waals surface area contributed by atoms with Crippen LogP contribution >= 0.6 is 15.9 Å². The monoisotopic (exact) mass is 492 g/mol. The highest BCUT2D eigenvalue weighted by Crippen LogP contribution is 2.41. The first-order chi connectivity index (χ1) is 14.8. The Morgan fingerprint density at radius 1 is 1.23 bits per heavy atom. The lowest BCUT2D eigenvalue weighted by molar-refractivity contribution is -0.383. The molecule has 2 aromatic rings. The number of aromatic nitrogens is 1. The van der Waals surface area contributed by atoms with Crippen molar-refractivity contribution in [2.75, 3.05) is 36.0 Å². The van der Waals surface area contributed by atoms with Crippen molar-refractivity contribution in [3.63, 3.8) is 0 Å². The van der Waals surface area contributed by atoms with Crippen LogP contribution in [0.2, 0.25) is 0 Å². The van der Waals surface area contributed by atoms with E-state index in [0.717, 1.165) is 12.8 Å². The summed E-state index contributed by atoms with van der Waals surface area (Å²) in [5, 5.41) is 12.3. The molecular weight excluding hydrogens is 464 g/mol. The SMILES string of the molecule is CCCCN(CC)c1cc(C)nc(N(CC(=O)OCC)c2ccccc2Br)c1[N+](=O)[O-]. The molecule has 0 atom stereocenters. The van der Waals surface area contributed by atoms with Gasteiger partial charge in [-0.3, -0.25) is 14.9 Å². The lowest BCUT2D eigenvalue weighted by Crippen LogP contribution is -2.30. The Labute approximate surface area is 191 Å². The number of hydrogen-bond donors (Lipinski definition) is 0. The van der Waals surface area contributed by atoms with Gasteiger partial charge in [0, 0.05) is 23.3 Å². The molecule has 0 amide bonds. The number of rotatable bonds is 11. The fourth-order valence-corrected chi connectivity index (χ4v) is 3.81. The largest absolute Gasteiger partial charge is 0.465 e. The van der Waals surface area contributed by atoms with Crippen molar-refractivity contribution in [2.24, 2.45) is 0 Å². The van der Waals surface area contributed by atoms with Crippen molar-refractivity contribution < 1.29 is 14.5 Å². The van der Waals surface area contributed by atoms with Crippen LogP contribution in [-0.2, 0) is 9.53 Å². The minimum Gasteiger partial charge on any atom is -0.465 e. The first-order valence-electron chi connectivity index (χ1n) is 10.4. The first-order valence-corrected chi connectivity index (χ1v) is 11.2. The Bertz CT molecular complexity index is 922. The summed E-state index contributed by atoms with van der Waals surface area (Å²) in [6, 6.07) is 8.98. The maximum atomic E-state index is 12.4. The number of carbonyl (C=O) groups is 1. The molecule has 2 rings (SSSR count). The van der Waals surface area contributed by atoms with Crippen molar-refractivity contribution in [3.05, 3.63) is 50.6 Å². The molecule has 0 radical (unpaired) electrons. The number of nitro groups is 1. The summed E-state index contributed by atoms with van der Waals surface area (Å²) in [4.78, 5) is 32.3. The number of anilines is 3. The summed E-state index contributed by atoms with van der Waals surface area (Å²) in [5.74, 6) is -0.370. The van der Waals surface area contributed by atoms with Gasteiger partial charge in [-0.2, -0.15) is 0 Å². The fraction of sp³-hybridized carbons (Fsp3) is 0.455. The molecule has 9 heteroatoms. The highest BCUT2D eigenvalue weighted by atomic mass is 79.9. The number of aryl methyl sites for hydroxylation is 1. The first kappa shape index (κ1) is 24.6. The van der Waals surface area contributed by atoms with Crippen LogP contribution in [0.15, 0.2) is 34.8 Å². The second-order valence-electron chi connectivity index (χ2n) is 6.99. The average Bonchev–Trinajstić information content (AvgIpc) is 2.72. The number of unbranched alkanes of at least 4 members (excludes halogenated alkanes) is 1. The molecule has 0 aliphatic carbocycles. The van der Waals surface area contributed by atoms with E-state index in [1.54, 1.807) is 36.9 Å². The van der Waals surface area contributed by atoms with E-state index in [2.05, 4.69) is 27.8 Å². The number of ether oxygens (including phenoxy) is 1. The van der Waals surface area contributed by atoms with Gasteiger partial charge >= 0.3 is 11.7 Å². The topological polar surface area (TPSA) is 88.8 Å². The summed E-state index contributed by atoms with van der Waals surface area (Å²) in [7, 11) is 0. The van der Waals surface area contributed by atoms with Gasteiger partial charge in [-0.1, -0.05) is 25.5 Å². The summed E-state index contributed by atoms with van der Waals surface area (Å²) in [5.41, 5.74) is 1.61. The van der Waals surface area contributed by atoms with Crippen LogP contribution in [0.1, 0.15) is 39.3 Å². The fourth-order valence-electron chi connectivity index (χ4n) is 3.32. The van der Waals surface area contributed by atoms with Crippen LogP contribution in [0.3, 0.4) is 0 Å². The quantitative estimate of drug-likeness (QED) is 0.236. The van der Waals surface area contributed by atoms with Crippen LogP contribution < -0.4 is 9.80 Å². The maximum absolute atomic E-state index is 12.4. The predicted molar refractivity (Wildman–Crippen MR) is 126 cm³/mol. The van der Waals surface area contributed by atoms with E-state index in [0.29, 0.717) is 34.6 Å². The molecule has 0 saturated carbocycles. The molecule has 168 valence electrons. The Balaban J connectivity index is 2.73. The van der Waals surface area contributed by atoms with Crippen LogP contribution in [-0.4, -0.2) is 42.1 Å². The summed E-state index contributed by atoms with van der Waals surface area (Å²) in [6.07, 6.45) is 1.89. The van der Waals surface area contributed by atoms with E-state index in [-0.39, 0.29) is 24.7 Å². The van der Waals surface area contributed by atoms with E-state index in [9.17, 15) is 14.9 Å². The highest BCUT2D eigenvalue weighted by molar-refractivity contribution is 9.10. The zero-order chi connectivity index (χ0) is 23.0. The number of hydrogen-bond acceptors (Lipinski definition) is 7. The van der Waals surface area contributed by atoms with Crippen LogP contribution in [0.25, 0.3) is 0 Å². The van der Waals surface area contributed by atoms with Gasteiger partial charge in [-0.25, -0.2) is 4.98 Å². The second-order valence-corrected chi connectivity index (χ2v) is 7.84. The molecule has 1 aromatic heterocycles. The Hall–Kier alpha value is -2.68. The highest BCUT2D eigenvalue weighted by Gasteiger charge is 2.31. The van der Waals surface area contributed by atoms with Crippen LogP contribution in [0, 0.1) is 17.0 Å². The smallest absolute Gasteiger partial charge is 0.335 e. The molecule has 0 unspecified atom stereocenters. The minimum absolute atomic E-state index is 0.120. The van der Waals surface area contributed by atoms with Crippen molar-refractivity contribution in [1.29, 1.82) is 0 Å². The number of pyridine rings is 1. The molecule has 31 heavy (non-hydrogen) atoms. The molecule has 0 saturated heterocycles. The zero-order valence-corrected chi connectivity index (χ0v) is 20.0. The molecule has 0 N–H and O–H groups in total. The van der Waals surface area contributed by atoms with Crippen molar-refractivity contribution >= 4 is 44.8 Å². The van der Waals surface area contributed by atoms with Gasteiger partial charge in [0.2, 0.25) is 5.82 Å². The van der Waals surface area contributed by atoms with E-state index in [1.165, 1.54) is 0 Å². The van der Waals surface area contributed by atoms with E-state index >= 15 is 0 Å². The summed E-state index contributed by atoms with van der Waals surface area (Å²) in [6.45, 7) is 8.91. The third-order valence-electron chi connectivity index (χ3n) is 4.76. The number of halogens is 1. The van der Waals surface area contributed by atoms with Gasteiger partial charge in [-0.15, -0.1) is 0 Å². The molecule has 1 aromatic carbocycles. The number of benzene rings is 1. The van der Waals surface area contributed by atoms with E-state index < -0.39 is 10.9 Å². The van der Waals surface area contributed by atoms with E-state index in [4.69, 9.17) is 4.74 Å². The van der Waals surface area contributed by atoms with Gasteiger partial charge in [-0.05, 0) is 61.3 Å². The molecule has 0 bridgehead atoms. The Morgan fingerprint density at radius 2 is 1.94 bits per heavy atom. The zero-order valence-electron chi connectivity index (χ0n) is 18.4. The number of nitrogens with zero attached hydrogens (tertiary/aromatic N) is 4. The average molecular weight is 493 g/mol. The summed E-state index contributed by atoms with van der Waals surface area (Å²) >= 11 is 3.50. The van der Waals surface area contributed by atoms with Gasteiger partial charge in [0.15, 0.2) is 0 Å². The Morgan fingerprint density at radius 3 is 2.52 bits per heavy atom. The van der Waals surface area contributed by atoms with Crippen molar-refractivity contribution in [1.82, 2.24) is 4.98 Å². The number of carbonyl (C=O) groups excluding carboxylic acids is 1. The predicted octanol–water partition coefficient (Wildman–Crippen LogP) is 5.39. The lowest BCUT2D eigenvalue weighted by Gasteiger charge is -2.28. The third kappa shape index (κ3) is 6.16. The van der Waals surface area contributed by atoms with Gasteiger partial charge < -0.3 is 14.5 Å². The lowest BCUT2D eigenvalue weighted by atomic mass is 10.2. The third-order valence-corrected chi connectivity index (χ3v) is 5.43. The normalized spacial score (nSPS) is 10.6. The Kier molecular flexibility index (Phi) is 9.23. The molecule has 0 aliphatic rings. The summed E-state index contributed by atoms with van der Waals surface area (Å²) < 4.78 is 5.83. The van der Waals surface area contributed by atoms with Crippen molar-refractivity contribution in [3.8, 4) is 0 Å². The van der Waals surface area contributed by atoms with Crippen LogP contribution in [0.5, 0.6) is 0 Å². The standard InChI is InChI=1S/C22H29BrN4O4/c1-5-8-13-25(6-2)19-14-16(4)24-22(21(19)27(29)30)26(15-20(28)31-7-3)18-12-10-9-11-17(18)23/h9-12,14H,5-8,13,15H2,1-4H3. The second kappa shape index (κ2) is 11.6. The van der Waals surface area contributed by atoms with Gasteiger partial charge in [0.25, 0.3) is 0 Å². The minimum atomic E-state index is -0.490. The van der Waals surface area contributed by atoms with Crippen LogP contribution in [0.4, 0.5) is 22.9 Å². The maximum Gasteiger partial charge on any atom is 0.335 e. The molecule has 0 fully saturated rings.